The summed E-state index contributed by atoms with van der Waals surface area (Å²) in [6.07, 6.45) is 3.82. The highest BCUT2D eigenvalue weighted by molar-refractivity contribution is 5.92. The van der Waals surface area contributed by atoms with Crippen LogP contribution in [0.2, 0.25) is 0 Å². The van der Waals surface area contributed by atoms with Crippen LogP contribution >= 0.6 is 0 Å². The van der Waals surface area contributed by atoms with Crippen molar-refractivity contribution in [1.82, 2.24) is 0 Å². The van der Waals surface area contributed by atoms with Crippen molar-refractivity contribution in [2.75, 3.05) is 0 Å². The zero-order valence-corrected chi connectivity index (χ0v) is 19.3. The van der Waals surface area contributed by atoms with Gasteiger partial charge in [0, 0.05) is 10.8 Å². The van der Waals surface area contributed by atoms with E-state index in [1.807, 2.05) is 46.8 Å². The molecule has 0 amide bonds. The van der Waals surface area contributed by atoms with Gasteiger partial charge in [0.1, 0.15) is 17.1 Å². The third-order valence-electron chi connectivity index (χ3n) is 10.6. The number of rotatable bonds is 0. The maximum Gasteiger partial charge on any atom is 0.320 e. The van der Waals surface area contributed by atoms with Crippen LogP contribution in [-0.4, -0.2) is 45.9 Å². The fourth-order valence-electron chi connectivity index (χ4n) is 9.57. The Bertz CT molecular complexity index is 1180. The summed E-state index contributed by atoms with van der Waals surface area (Å²) in [5.74, 6) is -3.83. The van der Waals surface area contributed by atoms with Crippen LogP contribution in [0.1, 0.15) is 54.4 Å². The van der Waals surface area contributed by atoms with Gasteiger partial charge in [-0.2, -0.15) is 0 Å². The van der Waals surface area contributed by atoms with E-state index in [-0.39, 0.29) is 12.4 Å². The van der Waals surface area contributed by atoms with Crippen LogP contribution in [0.3, 0.4) is 0 Å². The first-order valence-corrected chi connectivity index (χ1v) is 11.3. The number of cyclic esters (lactones) is 2. The number of hydrogen-bond acceptors (Lipinski definition) is 7. The summed E-state index contributed by atoms with van der Waals surface area (Å²) in [5, 5.41) is 12.3. The molecule has 5 heterocycles. The Morgan fingerprint density at radius 2 is 1.81 bits per heavy atom. The van der Waals surface area contributed by atoms with Gasteiger partial charge in [-0.25, -0.2) is 0 Å². The van der Waals surface area contributed by atoms with E-state index >= 15 is 0 Å². The SMILES string of the molecule is C=C1[C@@]23C(=O)O[C@H](C)[C@]24O[C@@]2(C)O[C@]4(O)[C@]1(C)C[C@@]21C2=C(C=C[C@@]13C)C(C)(C)OC(=O)C2. The molecule has 7 heteroatoms. The predicted molar refractivity (Wildman–Crippen MR) is 110 cm³/mol. The van der Waals surface area contributed by atoms with Crippen molar-refractivity contribution in [2.45, 2.75) is 83.3 Å². The fourth-order valence-corrected chi connectivity index (χ4v) is 9.57. The van der Waals surface area contributed by atoms with E-state index in [4.69, 9.17) is 18.9 Å². The van der Waals surface area contributed by atoms with Crippen LogP contribution in [-0.2, 0) is 28.5 Å². The van der Waals surface area contributed by atoms with Gasteiger partial charge < -0.3 is 24.1 Å². The molecule has 0 unspecified atom stereocenters. The Morgan fingerprint density at radius 3 is 2.50 bits per heavy atom. The monoisotopic (exact) mass is 440 g/mol. The minimum absolute atomic E-state index is 0.0790. The highest BCUT2D eigenvalue weighted by Gasteiger charge is 3.04. The van der Waals surface area contributed by atoms with Crippen LogP contribution in [0.15, 0.2) is 35.5 Å². The molecule has 1 N–H and O–H groups in total. The second-order valence-electron chi connectivity index (χ2n) is 11.8. The van der Waals surface area contributed by atoms with Gasteiger partial charge in [-0.3, -0.25) is 9.59 Å². The number of carbonyl (C=O) groups is 2. The van der Waals surface area contributed by atoms with Gasteiger partial charge in [0.05, 0.1) is 11.8 Å². The molecule has 0 aromatic rings. The molecule has 3 aliphatic carbocycles. The van der Waals surface area contributed by atoms with Crippen LogP contribution in [0.25, 0.3) is 0 Å². The third kappa shape index (κ3) is 1.23. The Hall–Kier alpha value is -1.96. The van der Waals surface area contributed by atoms with E-state index < -0.39 is 56.5 Å². The molecular weight excluding hydrogens is 412 g/mol. The average Bonchev–Trinajstić information content (AvgIpc) is 3.05. The first-order chi connectivity index (χ1) is 14.7. The van der Waals surface area contributed by atoms with E-state index in [0.717, 1.165) is 11.1 Å². The first-order valence-electron chi connectivity index (χ1n) is 11.3. The van der Waals surface area contributed by atoms with Gasteiger partial charge in [0.2, 0.25) is 5.79 Å². The molecule has 2 saturated carbocycles. The molecule has 32 heavy (non-hydrogen) atoms. The number of allylic oxidation sites excluding steroid dienone is 1. The zero-order valence-electron chi connectivity index (χ0n) is 19.3. The van der Waals surface area contributed by atoms with Crippen LogP contribution in [0.4, 0.5) is 0 Å². The highest BCUT2D eigenvalue weighted by Crippen LogP contribution is 2.93. The molecule has 0 aromatic heterocycles. The van der Waals surface area contributed by atoms with Gasteiger partial charge >= 0.3 is 11.9 Å². The summed E-state index contributed by atoms with van der Waals surface area (Å²) < 4.78 is 25.0. The van der Waals surface area contributed by atoms with Crippen molar-refractivity contribution in [3.8, 4) is 0 Å². The van der Waals surface area contributed by atoms with Crippen molar-refractivity contribution in [3.63, 3.8) is 0 Å². The molecular formula is C25H28O7. The van der Waals surface area contributed by atoms with Gasteiger partial charge in [0.25, 0.3) is 0 Å². The Labute approximate surface area is 186 Å². The molecule has 5 aliphatic heterocycles. The van der Waals surface area contributed by atoms with Crippen molar-refractivity contribution >= 4 is 11.9 Å². The quantitative estimate of drug-likeness (QED) is 0.457. The molecule has 0 radical (unpaired) electrons. The minimum atomic E-state index is -1.79. The van der Waals surface area contributed by atoms with E-state index in [1.165, 1.54) is 0 Å². The first kappa shape index (κ1) is 19.5. The maximum absolute atomic E-state index is 13.9. The summed E-state index contributed by atoms with van der Waals surface area (Å²) in [6.45, 7) is 15.7. The van der Waals surface area contributed by atoms with Crippen molar-refractivity contribution in [1.29, 1.82) is 0 Å². The summed E-state index contributed by atoms with van der Waals surface area (Å²) in [7, 11) is 0. The summed E-state index contributed by atoms with van der Waals surface area (Å²) >= 11 is 0. The van der Waals surface area contributed by atoms with E-state index in [1.54, 1.807) is 6.92 Å². The minimum Gasteiger partial charge on any atom is -0.459 e. The standard InChI is InChI=1S/C25H28O7/c1-12-19(5)11-22-15-10-16(26)30-18(3,4)14(15)8-9-20(22,6)23(12)17(27)29-13(2)24(23)25(19,28)32-21(22,7)31-24/h8-9,13,28H,1,10-11H2,2-7H3/t13-,19-,20+,21+,22+,23+,24+,25-/m1/s1. The second kappa shape index (κ2) is 4.40. The molecule has 0 aromatic carbocycles. The van der Waals surface area contributed by atoms with Crippen LogP contribution < -0.4 is 0 Å². The number of ether oxygens (including phenoxy) is 4. The van der Waals surface area contributed by atoms with Gasteiger partial charge in [-0.1, -0.05) is 32.6 Å². The number of carbonyl (C=O) groups excluding carboxylic acids is 2. The molecule has 8 rings (SSSR count). The summed E-state index contributed by atoms with van der Waals surface area (Å²) in [6, 6.07) is 0. The molecule has 4 saturated heterocycles. The van der Waals surface area contributed by atoms with E-state index in [2.05, 4.69) is 6.58 Å². The second-order valence-corrected chi connectivity index (χ2v) is 11.8. The molecule has 3 spiro atoms. The lowest BCUT2D eigenvalue weighted by atomic mass is 9.34. The molecule has 6 bridgehead atoms. The van der Waals surface area contributed by atoms with Crippen molar-refractivity contribution in [3.05, 3.63) is 35.5 Å². The number of esters is 2. The highest BCUT2D eigenvalue weighted by atomic mass is 16.8. The molecule has 8 aliphatic rings. The van der Waals surface area contributed by atoms with E-state index in [9.17, 15) is 14.7 Å². The normalized spacial score (nSPS) is 59.8. The molecule has 8 atom stereocenters. The van der Waals surface area contributed by atoms with Gasteiger partial charge in [-0.15, -0.1) is 0 Å². The lowest BCUT2D eigenvalue weighted by Gasteiger charge is -2.71. The summed E-state index contributed by atoms with van der Waals surface area (Å²) in [4.78, 5) is 26.7. The third-order valence-corrected chi connectivity index (χ3v) is 10.6. The van der Waals surface area contributed by atoms with Crippen molar-refractivity contribution in [2.24, 2.45) is 21.7 Å². The number of aliphatic hydroxyl groups is 1. The summed E-state index contributed by atoms with van der Waals surface area (Å²) in [5.41, 5.74) is -4.01. The largest absolute Gasteiger partial charge is 0.459 e. The topological polar surface area (TPSA) is 91.3 Å². The Balaban J connectivity index is 1.68. The van der Waals surface area contributed by atoms with Crippen LogP contribution in [0, 0.1) is 21.7 Å². The van der Waals surface area contributed by atoms with Gasteiger partial charge in [-0.05, 0) is 50.8 Å². The smallest absolute Gasteiger partial charge is 0.320 e. The Kier molecular flexibility index (Phi) is 2.68. The van der Waals surface area contributed by atoms with E-state index in [0.29, 0.717) is 12.0 Å². The fraction of sp³-hybridized carbons (Fsp3) is 0.680. The molecule has 6 fully saturated rings. The average molecular weight is 440 g/mol. The lowest BCUT2D eigenvalue weighted by Crippen LogP contribution is -2.76. The zero-order chi connectivity index (χ0) is 23.1. The molecule has 7 nitrogen and oxygen atoms in total. The van der Waals surface area contributed by atoms with Gasteiger partial charge in [0.15, 0.2) is 11.4 Å². The predicted octanol–water partition coefficient (Wildman–Crippen LogP) is 2.69. The lowest BCUT2D eigenvalue weighted by molar-refractivity contribution is -0.376. The Morgan fingerprint density at radius 1 is 1.12 bits per heavy atom. The molecule has 170 valence electrons. The van der Waals surface area contributed by atoms with Crippen LogP contribution in [0.5, 0.6) is 0 Å². The van der Waals surface area contributed by atoms with Crippen molar-refractivity contribution < 1.29 is 33.6 Å². The maximum atomic E-state index is 13.9. The number of hydrogen-bond donors (Lipinski definition) is 1.